The summed E-state index contributed by atoms with van der Waals surface area (Å²) < 4.78 is 0. The standard InChI is InChI=1S/C22H25N3O3/c1-2-3-10-15-23-19(26)16-25-20(27)22(24-21(25)28,17-11-6-4-7-12-17)18-13-8-5-9-14-18/h4-9,11-14H,2-3,10,15-16H2,1H3,(H,23,26)(H,24,28). The average Bonchev–Trinajstić information content (AvgIpc) is 2.98. The Morgan fingerprint density at radius 2 is 1.54 bits per heavy atom. The lowest BCUT2D eigenvalue weighted by Crippen LogP contribution is -2.46. The minimum atomic E-state index is -1.33. The van der Waals surface area contributed by atoms with Crippen molar-refractivity contribution in [3.05, 3.63) is 71.8 Å². The van der Waals surface area contributed by atoms with Crippen LogP contribution in [-0.4, -0.2) is 35.8 Å². The van der Waals surface area contributed by atoms with Crippen LogP contribution in [0.15, 0.2) is 60.7 Å². The van der Waals surface area contributed by atoms with Crippen molar-refractivity contribution >= 4 is 17.8 Å². The monoisotopic (exact) mass is 379 g/mol. The van der Waals surface area contributed by atoms with E-state index in [1.807, 2.05) is 36.4 Å². The molecule has 1 aliphatic rings. The number of nitrogens with one attached hydrogen (secondary N) is 2. The predicted molar refractivity (Wildman–Crippen MR) is 106 cm³/mol. The topological polar surface area (TPSA) is 78.5 Å². The number of unbranched alkanes of at least 4 members (excludes halogenated alkanes) is 2. The van der Waals surface area contributed by atoms with Crippen LogP contribution in [0.1, 0.15) is 37.3 Å². The number of amides is 4. The van der Waals surface area contributed by atoms with Crippen LogP contribution in [0, 0.1) is 0 Å². The van der Waals surface area contributed by atoms with Crippen LogP contribution in [0.2, 0.25) is 0 Å². The Bertz CT molecular complexity index is 797. The molecule has 6 nitrogen and oxygen atoms in total. The molecule has 0 unspecified atom stereocenters. The molecule has 1 heterocycles. The molecule has 2 N–H and O–H groups in total. The molecule has 3 rings (SSSR count). The molecule has 6 heteroatoms. The lowest BCUT2D eigenvalue weighted by Gasteiger charge is -2.28. The Balaban J connectivity index is 1.86. The van der Waals surface area contributed by atoms with E-state index < -0.39 is 17.5 Å². The van der Waals surface area contributed by atoms with Gasteiger partial charge in [0.05, 0.1) is 0 Å². The van der Waals surface area contributed by atoms with Gasteiger partial charge >= 0.3 is 6.03 Å². The zero-order chi connectivity index (χ0) is 20.0. The molecule has 1 aliphatic heterocycles. The highest BCUT2D eigenvalue weighted by Crippen LogP contribution is 2.35. The zero-order valence-electron chi connectivity index (χ0n) is 16.0. The molecule has 2 aromatic carbocycles. The van der Waals surface area contributed by atoms with Gasteiger partial charge in [0.25, 0.3) is 5.91 Å². The quantitative estimate of drug-likeness (QED) is 0.547. The van der Waals surface area contributed by atoms with Crippen LogP contribution >= 0.6 is 0 Å². The van der Waals surface area contributed by atoms with Gasteiger partial charge in [-0.1, -0.05) is 80.4 Å². The number of rotatable bonds is 8. The lowest BCUT2D eigenvalue weighted by molar-refractivity contribution is -0.134. The molecule has 4 amide bonds. The number of carbonyl (C=O) groups excluding carboxylic acids is 3. The number of imide groups is 1. The van der Waals surface area contributed by atoms with Crippen molar-refractivity contribution in [3.8, 4) is 0 Å². The highest BCUT2D eigenvalue weighted by Gasteiger charge is 2.53. The number of nitrogens with zero attached hydrogens (tertiary/aromatic N) is 1. The minimum Gasteiger partial charge on any atom is -0.355 e. The largest absolute Gasteiger partial charge is 0.355 e. The summed E-state index contributed by atoms with van der Waals surface area (Å²) in [5.41, 5.74) is -0.0157. The van der Waals surface area contributed by atoms with Gasteiger partial charge < -0.3 is 10.6 Å². The van der Waals surface area contributed by atoms with E-state index in [2.05, 4.69) is 17.6 Å². The van der Waals surface area contributed by atoms with E-state index in [1.165, 1.54) is 0 Å². The smallest absolute Gasteiger partial charge is 0.326 e. The van der Waals surface area contributed by atoms with E-state index in [9.17, 15) is 14.4 Å². The van der Waals surface area contributed by atoms with Crippen molar-refractivity contribution in [2.45, 2.75) is 31.7 Å². The van der Waals surface area contributed by atoms with Crippen molar-refractivity contribution in [2.24, 2.45) is 0 Å². The number of urea groups is 1. The molecule has 2 aromatic rings. The second-order valence-electron chi connectivity index (χ2n) is 6.86. The third-order valence-corrected chi connectivity index (χ3v) is 4.92. The van der Waals surface area contributed by atoms with E-state index >= 15 is 0 Å². The average molecular weight is 379 g/mol. The highest BCUT2D eigenvalue weighted by molar-refractivity contribution is 6.11. The van der Waals surface area contributed by atoms with E-state index in [0.717, 1.165) is 24.2 Å². The molecule has 0 spiro atoms. The summed E-state index contributed by atoms with van der Waals surface area (Å²) in [5, 5.41) is 5.62. The first-order valence-corrected chi connectivity index (χ1v) is 9.61. The molecular formula is C22H25N3O3. The Morgan fingerprint density at radius 3 is 2.07 bits per heavy atom. The normalized spacial score (nSPS) is 15.4. The molecule has 1 saturated heterocycles. The van der Waals surface area contributed by atoms with Crippen molar-refractivity contribution in [1.29, 1.82) is 0 Å². The number of carbonyl (C=O) groups is 3. The van der Waals surface area contributed by atoms with E-state index in [0.29, 0.717) is 17.7 Å². The van der Waals surface area contributed by atoms with Gasteiger partial charge in [-0.2, -0.15) is 0 Å². The first-order valence-electron chi connectivity index (χ1n) is 9.61. The van der Waals surface area contributed by atoms with Gasteiger partial charge in [-0.15, -0.1) is 0 Å². The van der Waals surface area contributed by atoms with Gasteiger partial charge in [0.2, 0.25) is 5.91 Å². The second kappa shape index (κ2) is 8.69. The van der Waals surface area contributed by atoms with E-state index in [1.54, 1.807) is 24.3 Å². The van der Waals surface area contributed by atoms with Crippen LogP contribution in [-0.2, 0) is 15.1 Å². The van der Waals surface area contributed by atoms with Gasteiger partial charge in [-0.25, -0.2) is 4.79 Å². The third-order valence-electron chi connectivity index (χ3n) is 4.92. The van der Waals surface area contributed by atoms with Gasteiger partial charge in [0.15, 0.2) is 5.54 Å². The minimum absolute atomic E-state index is 0.293. The van der Waals surface area contributed by atoms with Crippen LogP contribution < -0.4 is 10.6 Å². The second-order valence-corrected chi connectivity index (χ2v) is 6.86. The molecule has 0 radical (unpaired) electrons. The van der Waals surface area contributed by atoms with Gasteiger partial charge in [-0.3, -0.25) is 14.5 Å². The molecule has 1 fully saturated rings. The molecular weight excluding hydrogens is 354 g/mol. The summed E-state index contributed by atoms with van der Waals surface area (Å²) >= 11 is 0. The Morgan fingerprint density at radius 1 is 0.964 bits per heavy atom. The Labute approximate surface area is 164 Å². The summed E-state index contributed by atoms with van der Waals surface area (Å²) in [6.07, 6.45) is 2.95. The van der Waals surface area contributed by atoms with Crippen molar-refractivity contribution in [2.75, 3.05) is 13.1 Å². The maximum absolute atomic E-state index is 13.4. The maximum Gasteiger partial charge on any atom is 0.326 e. The number of benzene rings is 2. The molecule has 28 heavy (non-hydrogen) atoms. The molecule has 0 aliphatic carbocycles. The van der Waals surface area contributed by atoms with Crippen molar-refractivity contribution in [1.82, 2.24) is 15.5 Å². The zero-order valence-corrected chi connectivity index (χ0v) is 16.0. The van der Waals surface area contributed by atoms with Gasteiger partial charge in [0, 0.05) is 6.54 Å². The summed E-state index contributed by atoms with van der Waals surface area (Å²) in [7, 11) is 0. The summed E-state index contributed by atoms with van der Waals surface area (Å²) in [6, 6.07) is 17.6. The molecule has 0 atom stereocenters. The fraction of sp³-hybridized carbons (Fsp3) is 0.318. The van der Waals surface area contributed by atoms with Gasteiger partial charge in [0.1, 0.15) is 6.54 Å². The third kappa shape index (κ3) is 3.76. The van der Waals surface area contributed by atoms with Crippen molar-refractivity contribution < 1.29 is 14.4 Å². The summed E-state index contributed by atoms with van der Waals surface area (Å²) in [4.78, 5) is 39.3. The predicted octanol–water partition coefficient (Wildman–Crippen LogP) is 2.79. The highest BCUT2D eigenvalue weighted by atomic mass is 16.2. The number of hydrogen-bond acceptors (Lipinski definition) is 3. The fourth-order valence-corrected chi connectivity index (χ4v) is 3.46. The van der Waals surface area contributed by atoms with Crippen molar-refractivity contribution in [3.63, 3.8) is 0 Å². The SMILES string of the molecule is CCCCCNC(=O)CN1C(=O)NC(c2ccccc2)(c2ccccc2)C1=O. The number of hydrogen-bond donors (Lipinski definition) is 2. The lowest BCUT2D eigenvalue weighted by atomic mass is 9.82. The van der Waals surface area contributed by atoms with Crippen LogP contribution in [0.25, 0.3) is 0 Å². The van der Waals surface area contributed by atoms with Crippen LogP contribution in [0.4, 0.5) is 4.79 Å². The van der Waals surface area contributed by atoms with Crippen LogP contribution in [0.5, 0.6) is 0 Å². The Hall–Kier alpha value is -3.15. The first-order chi connectivity index (χ1) is 13.6. The first kappa shape index (κ1) is 19.6. The molecule has 146 valence electrons. The fourth-order valence-electron chi connectivity index (χ4n) is 3.46. The molecule has 0 saturated carbocycles. The Kier molecular flexibility index (Phi) is 6.09. The maximum atomic E-state index is 13.4. The molecule has 0 aromatic heterocycles. The van der Waals surface area contributed by atoms with E-state index in [-0.39, 0.29) is 12.5 Å². The summed E-state index contributed by atoms with van der Waals surface area (Å²) in [6.45, 7) is 2.33. The molecule has 0 bridgehead atoms. The summed E-state index contributed by atoms with van der Waals surface area (Å²) in [5.74, 6) is -0.782. The van der Waals surface area contributed by atoms with E-state index in [4.69, 9.17) is 0 Å². The van der Waals surface area contributed by atoms with Gasteiger partial charge in [-0.05, 0) is 17.5 Å². The van der Waals surface area contributed by atoms with Crippen LogP contribution in [0.3, 0.4) is 0 Å².